The van der Waals surface area contributed by atoms with Crippen LogP contribution in [0.25, 0.3) is 0 Å². The molecule has 0 atom stereocenters. The highest BCUT2D eigenvalue weighted by molar-refractivity contribution is 9.10. The molecule has 4 heteroatoms. The molecule has 0 radical (unpaired) electrons. The van der Waals surface area contributed by atoms with E-state index in [1.807, 2.05) is 24.3 Å². The molecule has 2 rings (SSSR count). The summed E-state index contributed by atoms with van der Waals surface area (Å²) in [6, 6.07) is 13.0. The van der Waals surface area contributed by atoms with Crippen molar-refractivity contribution >= 4 is 39.1 Å². The average molecular weight is 367 g/mol. The van der Waals surface area contributed by atoms with Crippen LogP contribution in [0, 0.1) is 0 Å². The molecule has 110 valence electrons. The molecular formula is C17H17BrClNO. The molecule has 0 heterocycles. The summed E-state index contributed by atoms with van der Waals surface area (Å²) < 4.78 is 0.709. The zero-order valence-corrected chi connectivity index (χ0v) is 14.5. The highest BCUT2D eigenvalue weighted by Crippen LogP contribution is 2.30. The zero-order valence-electron chi connectivity index (χ0n) is 12.2. The first-order chi connectivity index (χ1) is 9.79. The third-order valence-electron chi connectivity index (χ3n) is 3.17. The molecule has 2 aromatic carbocycles. The van der Waals surface area contributed by atoms with Crippen LogP contribution in [-0.2, 0) is 5.41 Å². The lowest BCUT2D eigenvalue weighted by atomic mass is 9.86. The van der Waals surface area contributed by atoms with Crippen LogP contribution >= 0.6 is 27.5 Å². The van der Waals surface area contributed by atoms with E-state index >= 15 is 0 Å². The number of para-hydroxylation sites is 1. The van der Waals surface area contributed by atoms with Gasteiger partial charge in [0.25, 0.3) is 5.91 Å². The zero-order chi connectivity index (χ0) is 15.6. The number of hydrogen-bond donors (Lipinski definition) is 1. The summed E-state index contributed by atoms with van der Waals surface area (Å²) in [5.74, 6) is -0.149. The molecule has 0 unspecified atom stereocenters. The van der Waals surface area contributed by atoms with Crippen molar-refractivity contribution in [3.8, 4) is 0 Å². The van der Waals surface area contributed by atoms with E-state index < -0.39 is 0 Å². The maximum atomic E-state index is 12.4. The quantitative estimate of drug-likeness (QED) is 0.731. The van der Waals surface area contributed by atoms with Gasteiger partial charge in [-0.25, -0.2) is 0 Å². The fourth-order valence-corrected chi connectivity index (χ4v) is 2.57. The minimum atomic E-state index is -0.149. The smallest absolute Gasteiger partial charge is 0.255 e. The molecule has 0 aliphatic rings. The Bertz CT molecular complexity index is 677. The molecule has 0 fully saturated rings. The van der Waals surface area contributed by atoms with Gasteiger partial charge in [-0.15, -0.1) is 0 Å². The van der Waals surface area contributed by atoms with Crippen LogP contribution in [0.15, 0.2) is 46.9 Å². The Morgan fingerprint density at radius 2 is 1.81 bits per heavy atom. The van der Waals surface area contributed by atoms with Gasteiger partial charge in [-0.3, -0.25) is 4.79 Å². The highest BCUT2D eigenvalue weighted by atomic mass is 79.9. The molecule has 1 amide bonds. The van der Waals surface area contributed by atoms with E-state index in [1.54, 1.807) is 18.2 Å². The summed E-state index contributed by atoms with van der Waals surface area (Å²) in [5, 5.41) is 3.56. The van der Waals surface area contributed by atoms with Gasteiger partial charge in [0.15, 0.2) is 0 Å². The summed E-state index contributed by atoms with van der Waals surface area (Å²) in [5.41, 5.74) is 2.47. The second kappa shape index (κ2) is 6.20. The molecular weight excluding hydrogens is 350 g/mol. The Labute approximate surface area is 138 Å². The van der Waals surface area contributed by atoms with Gasteiger partial charge < -0.3 is 5.32 Å². The number of amides is 1. The van der Waals surface area contributed by atoms with Gasteiger partial charge in [0.05, 0.1) is 5.02 Å². The molecule has 0 bridgehead atoms. The second-order valence-electron chi connectivity index (χ2n) is 5.88. The van der Waals surface area contributed by atoms with Crippen LogP contribution in [0.3, 0.4) is 0 Å². The summed E-state index contributed by atoms with van der Waals surface area (Å²) >= 11 is 9.29. The second-order valence-corrected chi connectivity index (χ2v) is 7.14. The maximum Gasteiger partial charge on any atom is 0.255 e. The predicted molar refractivity (Wildman–Crippen MR) is 92.2 cm³/mol. The number of hydrogen-bond acceptors (Lipinski definition) is 1. The van der Waals surface area contributed by atoms with Crippen molar-refractivity contribution in [2.24, 2.45) is 0 Å². The third kappa shape index (κ3) is 3.86. The summed E-state index contributed by atoms with van der Waals surface area (Å²) in [6.45, 7) is 6.37. The molecule has 21 heavy (non-hydrogen) atoms. The maximum absolute atomic E-state index is 12.4. The molecule has 0 spiro atoms. The van der Waals surface area contributed by atoms with Crippen molar-refractivity contribution in [2.45, 2.75) is 26.2 Å². The van der Waals surface area contributed by atoms with Crippen LogP contribution in [0.1, 0.15) is 36.7 Å². The van der Waals surface area contributed by atoms with E-state index in [0.717, 1.165) is 11.3 Å². The van der Waals surface area contributed by atoms with Gasteiger partial charge in [-0.1, -0.05) is 50.6 Å². The number of halogens is 2. The minimum Gasteiger partial charge on any atom is -0.322 e. The lowest BCUT2D eigenvalue weighted by Gasteiger charge is -2.23. The Hall–Kier alpha value is -1.32. The average Bonchev–Trinajstić information content (AvgIpc) is 2.41. The predicted octanol–water partition coefficient (Wildman–Crippen LogP) is 5.65. The van der Waals surface area contributed by atoms with E-state index in [9.17, 15) is 4.79 Å². The lowest BCUT2D eigenvalue weighted by molar-refractivity contribution is 0.102. The van der Waals surface area contributed by atoms with Crippen LogP contribution in [0.4, 0.5) is 5.69 Å². The number of benzene rings is 2. The minimum absolute atomic E-state index is 0.0372. The number of carbonyl (C=O) groups excluding carboxylic acids is 1. The molecule has 0 saturated carbocycles. The van der Waals surface area contributed by atoms with E-state index in [4.69, 9.17) is 11.6 Å². The Morgan fingerprint density at radius 1 is 1.14 bits per heavy atom. The van der Waals surface area contributed by atoms with Gasteiger partial charge in [0.2, 0.25) is 0 Å². The first kappa shape index (κ1) is 16.1. The normalized spacial score (nSPS) is 11.3. The number of rotatable bonds is 2. The van der Waals surface area contributed by atoms with Crippen LogP contribution < -0.4 is 5.32 Å². The molecule has 0 aliphatic heterocycles. The Kier molecular flexibility index (Phi) is 4.74. The molecule has 0 saturated heterocycles. The van der Waals surface area contributed by atoms with Crippen LogP contribution in [0.5, 0.6) is 0 Å². The van der Waals surface area contributed by atoms with E-state index in [-0.39, 0.29) is 11.3 Å². The SMILES string of the molecule is CC(C)(C)c1ccccc1NC(=O)c1ccc(Cl)c(Br)c1. The highest BCUT2D eigenvalue weighted by Gasteiger charge is 2.19. The fourth-order valence-electron chi connectivity index (χ4n) is 2.08. The van der Waals surface area contributed by atoms with Gasteiger partial charge in [0.1, 0.15) is 0 Å². The van der Waals surface area contributed by atoms with Crippen LogP contribution in [0.2, 0.25) is 5.02 Å². The van der Waals surface area contributed by atoms with Crippen molar-refractivity contribution in [3.05, 3.63) is 63.1 Å². The van der Waals surface area contributed by atoms with Crippen molar-refractivity contribution in [3.63, 3.8) is 0 Å². The third-order valence-corrected chi connectivity index (χ3v) is 4.38. The largest absolute Gasteiger partial charge is 0.322 e. The molecule has 2 aromatic rings. The molecule has 1 N–H and O–H groups in total. The van der Waals surface area contributed by atoms with Gasteiger partial charge in [-0.05, 0) is 51.2 Å². The topological polar surface area (TPSA) is 29.1 Å². The number of anilines is 1. The summed E-state index contributed by atoms with van der Waals surface area (Å²) in [7, 11) is 0. The summed E-state index contributed by atoms with van der Waals surface area (Å²) in [6.07, 6.45) is 0. The van der Waals surface area contributed by atoms with E-state index in [1.165, 1.54) is 0 Å². The van der Waals surface area contributed by atoms with Crippen molar-refractivity contribution < 1.29 is 4.79 Å². The van der Waals surface area contributed by atoms with E-state index in [2.05, 4.69) is 42.0 Å². The number of nitrogens with one attached hydrogen (secondary N) is 1. The number of carbonyl (C=O) groups is 1. The first-order valence-corrected chi connectivity index (χ1v) is 7.82. The van der Waals surface area contributed by atoms with Crippen LogP contribution in [-0.4, -0.2) is 5.91 Å². The van der Waals surface area contributed by atoms with Crippen molar-refractivity contribution in [1.29, 1.82) is 0 Å². The Morgan fingerprint density at radius 3 is 2.43 bits per heavy atom. The van der Waals surface area contributed by atoms with E-state index in [0.29, 0.717) is 15.1 Å². The lowest BCUT2D eigenvalue weighted by Crippen LogP contribution is -2.18. The van der Waals surface area contributed by atoms with Gasteiger partial charge in [0, 0.05) is 15.7 Å². The first-order valence-electron chi connectivity index (χ1n) is 6.65. The fraction of sp³-hybridized carbons (Fsp3) is 0.235. The van der Waals surface area contributed by atoms with Gasteiger partial charge in [-0.2, -0.15) is 0 Å². The monoisotopic (exact) mass is 365 g/mol. The molecule has 0 aliphatic carbocycles. The Balaban J connectivity index is 2.30. The molecule has 0 aromatic heterocycles. The summed E-state index contributed by atoms with van der Waals surface area (Å²) in [4.78, 5) is 12.4. The van der Waals surface area contributed by atoms with Gasteiger partial charge >= 0.3 is 0 Å². The van der Waals surface area contributed by atoms with Crippen molar-refractivity contribution in [1.82, 2.24) is 0 Å². The standard InChI is InChI=1S/C17H17BrClNO/c1-17(2,3)12-6-4-5-7-15(12)20-16(21)11-8-9-14(19)13(18)10-11/h4-10H,1-3H3,(H,20,21). The van der Waals surface area contributed by atoms with Crippen molar-refractivity contribution in [2.75, 3.05) is 5.32 Å². The molecule has 2 nitrogen and oxygen atoms in total.